The standard InChI is InChI=1S/C7H12O/c1-4-5-8-6-7(2)3/h5,7H,1,6H2,2-3H3. The molecule has 0 radical (unpaired) electrons. The zero-order valence-corrected chi connectivity index (χ0v) is 5.48. The van der Waals surface area contributed by atoms with Gasteiger partial charge in [-0.2, -0.15) is 0 Å². The maximum absolute atomic E-state index is 4.95. The Kier molecular flexibility index (Phi) is 4.10. The molecule has 0 aromatic carbocycles. The van der Waals surface area contributed by atoms with Crippen molar-refractivity contribution in [1.29, 1.82) is 0 Å². The molecule has 0 N–H and O–H groups in total. The maximum Gasteiger partial charge on any atom is 0.124 e. The molecule has 0 aliphatic rings. The minimum absolute atomic E-state index is 0.583. The molecule has 0 spiro atoms. The molecule has 1 nitrogen and oxygen atoms in total. The third-order valence-corrected chi connectivity index (χ3v) is 0.596. The first-order chi connectivity index (χ1) is 3.77. The number of hydrogen-bond donors (Lipinski definition) is 0. The van der Waals surface area contributed by atoms with Gasteiger partial charge < -0.3 is 4.74 Å². The minimum Gasteiger partial charge on any atom is -0.493 e. The van der Waals surface area contributed by atoms with Crippen LogP contribution in [0.1, 0.15) is 13.8 Å². The Hall–Kier alpha value is -0.680. The van der Waals surface area contributed by atoms with Crippen molar-refractivity contribution >= 4 is 0 Å². The van der Waals surface area contributed by atoms with Gasteiger partial charge in [-0.05, 0) is 5.92 Å². The molecule has 46 valence electrons. The van der Waals surface area contributed by atoms with E-state index in [2.05, 4.69) is 26.2 Å². The summed E-state index contributed by atoms with van der Waals surface area (Å²) in [6.07, 6.45) is 1.49. The summed E-state index contributed by atoms with van der Waals surface area (Å²) in [7, 11) is 0. The van der Waals surface area contributed by atoms with Crippen molar-refractivity contribution in [1.82, 2.24) is 0 Å². The quantitative estimate of drug-likeness (QED) is 0.400. The average molecular weight is 112 g/mol. The molecule has 0 aromatic rings. The lowest BCUT2D eigenvalue weighted by Crippen LogP contribution is -1.95. The Labute approximate surface area is 50.7 Å². The monoisotopic (exact) mass is 112 g/mol. The highest BCUT2D eigenvalue weighted by Crippen LogP contribution is 1.90. The van der Waals surface area contributed by atoms with Crippen LogP contribution in [0.5, 0.6) is 0 Å². The lowest BCUT2D eigenvalue weighted by molar-refractivity contribution is 0.212. The van der Waals surface area contributed by atoms with Gasteiger partial charge in [0.05, 0.1) is 6.61 Å². The van der Waals surface area contributed by atoms with Gasteiger partial charge in [0.2, 0.25) is 0 Å². The highest BCUT2D eigenvalue weighted by molar-refractivity contribution is 4.64. The van der Waals surface area contributed by atoms with Crippen LogP contribution in [0.15, 0.2) is 18.6 Å². The van der Waals surface area contributed by atoms with Gasteiger partial charge in [-0.1, -0.05) is 26.2 Å². The van der Waals surface area contributed by atoms with Gasteiger partial charge in [-0.25, -0.2) is 0 Å². The first-order valence-corrected chi connectivity index (χ1v) is 2.73. The van der Waals surface area contributed by atoms with Gasteiger partial charge in [-0.15, -0.1) is 0 Å². The number of hydrogen-bond acceptors (Lipinski definition) is 1. The van der Waals surface area contributed by atoms with Crippen molar-refractivity contribution in [3.63, 3.8) is 0 Å². The predicted molar refractivity (Wildman–Crippen MR) is 34.5 cm³/mol. The van der Waals surface area contributed by atoms with Gasteiger partial charge >= 0.3 is 0 Å². The zero-order valence-electron chi connectivity index (χ0n) is 5.48. The Morgan fingerprint density at radius 3 is 2.75 bits per heavy atom. The highest BCUT2D eigenvalue weighted by atomic mass is 16.5. The van der Waals surface area contributed by atoms with E-state index in [0.29, 0.717) is 5.92 Å². The SMILES string of the molecule is C=C=COCC(C)C. The van der Waals surface area contributed by atoms with Crippen LogP contribution in [0.25, 0.3) is 0 Å². The molecule has 0 amide bonds. The molecule has 0 aliphatic carbocycles. The van der Waals surface area contributed by atoms with E-state index in [1.807, 2.05) is 0 Å². The Bertz CT molecular complexity index is 88.6. The van der Waals surface area contributed by atoms with Crippen LogP contribution in [0, 0.1) is 5.92 Å². The first kappa shape index (κ1) is 7.32. The summed E-state index contributed by atoms with van der Waals surface area (Å²) in [5.41, 5.74) is 2.53. The van der Waals surface area contributed by atoms with Crippen LogP contribution >= 0.6 is 0 Å². The smallest absolute Gasteiger partial charge is 0.124 e. The summed E-state index contributed by atoms with van der Waals surface area (Å²) < 4.78 is 4.95. The Balaban J connectivity index is 3.05. The zero-order chi connectivity index (χ0) is 6.41. The molecule has 0 unspecified atom stereocenters. The molecular weight excluding hydrogens is 100 g/mol. The summed E-state index contributed by atoms with van der Waals surface area (Å²) in [4.78, 5) is 0. The molecular formula is C7H12O. The van der Waals surface area contributed by atoms with Gasteiger partial charge in [0.1, 0.15) is 6.26 Å². The van der Waals surface area contributed by atoms with Gasteiger partial charge in [0, 0.05) is 0 Å². The maximum atomic E-state index is 4.95. The van der Waals surface area contributed by atoms with Gasteiger partial charge in [0.25, 0.3) is 0 Å². The Morgan fingerprint density at radius 2 is 2.38 bits per heavy atom. The summed E-state index contributed by atoms with van der Waals surface area (Å²) >= 11 is 0. The van der Waals surface area contributed by atoms with Crippen molar-refractivity contribution in [3.05, 3.63) is 18.6 Å². The first-order valence-electron chi connectivity index (χ1n) is 2.73. The fraction of sp³-hybridized carbons (Fsp3) is 0.571. The van der Waals surface area contributed by atoms with Crippen LogP contribution < -0.4 is 0 Å². The van der Waals surface area contributed by atoms with Crippen LogP contribution in [0.2, 0.25) is 0 Å². The lowest BCUT2D eigenvalue weighted by Gasteiger charge is -2.00. The van der Waals surface area contributed by atoms with Crippen molar-refractivity contribution in [2.45, 2.75) is 13.8 Å². The van der Waals surface area contributed by atoms with E-state index in [0.717, 1.165) is 6.61 Å². The third kappa shape index (κ3) is 5.32. The minimum atomic E-state index is 0.583. The summed E-state index contributed by atoms with van der Waals surface area (Å²) in [5, 5.41) is 0. The number of rotatable bonds is 3. The molecule has 0 aliphatic heterocycles. The lowest BCUT2D eigenvalue weighted by atomic mass is 10.2. The molecule has 0 atom stereocenters. The van der Waals surface area contributed by atoms with E-state index in [1.165, 1.54) is 6.26 Å². The summed E-state index contributed by atoms with van der Waals surface area (Å²) in [6, 6.07) is 0. The van der Waals surface area contributed by atoms with E-state index in [9.17, 15) is 0 Å². The molecule has 1 heteroatoms. The molecule has 8 heavy (non-hydrogen) atoms. The van der Waals surface area contributed by atoms with Crippen LogP contribution in [0.4, 0.5) is 0 Å². The fourth-order valence-electron chi connectivity index (χ4n) is 0.299. The second kappa shape index (κ2) is 4.48. The van der Waals surface area contributed by atoms with Crippen molar-refractivity contribution in [2.24, 2.45) is 5.92 Å². The van der Waals surface area contributed by atoms with Crippen molar-refractivity contribution in [2.75, 3.05) is 6.61 Å². The molecule has 0 aromatic heterocycles. The second-order valence-corrected chi connectivity index (χ2v) is 2.05. The van der Waals surface area contributed by atoms with Crippen molar-refractivity contribution in [3.8, 4) is 0 Å². The molecule has 0 saturated heterocycles. The highest BCUT2D eigenvalue weighted by Gasteiger charge is 1.87. The molecule has 0 fully saturated rings. The summed E-state index contributed by atoms with van der Waals surface area (Å²) in [6.45, 7) is 8.29. The van der Waals surface area contributed by atoms with Gasteiger partial charge in [0.15, 0.2) is 0 Å². The van der Waals surface area contributed by atoms with Crippen molar-refractivity contribution < 1.29 is 4.74 Å². The predicted octanol–water partition coefficient (Wildman–Crippen LogP) is 1.96. The molecule has 0 saturated carbocycles. The number of ether oxygens (including phenoxy) is 1. The van der Waals surface area contributed by atoms with Crippen LogP contribution in [-0.2, 0) is 4.74 Å². The second-order valence-electron chi connectivity index (χ2n) is 2.05. The van der Waals surface area contributed by atoms with E-state index in [-0.39, 0.29) is 0 Å². The topological polar surface area (TPSA) is 9.23 Å². The molecule has 0 rings (SSSR count). The van der Waals surface area contributed by atoms with E-state index in [1.54, 1.807) is 0 Å². The fourth-order valence-corrected chi connectivity index (χ4v) is 0.299. The average Bonchev–Trinajstić information content (AvgIpc) is 1.66. The Morgan fingerprint density at radius 1 is 1.75 bits per heavy atom. The van der Waals surface area contributed by atoms with Crippen LogP contribution in [-0.4, -0.2) is 6.61 Å². The molecule has 0 bridgehead atoms. The van der Waals surface area contributed by atoms with Crippen LogP contribution in [0.3, 0.4) is 0 Å². The molecule has 0 heterocycles. The third-order valence-electron chi connectivity index (χ3n) is 0.596. The summed E-state index contributed by atoms with van der Waals surface area (Å²) in [5.74, 6) is 0.583. The normalized spacial score (nSPS) is 8.38. The largest absolute Gasteiger partial charge is 0.493 e. The van der Waals surface area contributed by atoms with Gasteiger partial charge in [-0.3, -0.25) is 0 Å². The van der Waals surface area contributed by atoms with E-state index < -0.39 is 0 Å². The van der Waals surface area contributed by atoms with E-state index in [4.69, 9.17) is 4.74 Å². The van der Waals surface area contributed by atoms with E-state index >= 15 is 0 Å².